The molecule has 1 rings (SSSR count). The molecule has 0 aliphatic heterocycles. The Kier molecular flexibility index (Phi) is 7.30. The van der Waals surface area contributed by atoms with Gasteiger partial charge >= 0.3 is 0 Å². The smallest absolute Gasteiger partial charge is 0.270 e. The van der Waals surface area contributed by atoms with Crippen molar-refractivity contribution in [3.8, 4) is 0 Å². The Morgan fingerprint density at radius 3 is 2.55 bits per heavy atom. The van der Waals surface area contributed by atoms with Crippen LogP contribution in [0.4, 0.5) is 0 Å². The van der Waals surface area contributed by atoms with Crippen molar-refractivity contribution in [1.82, 2.24) is 9.47 Å². The highest BCUT2D eigenvalue weighted by Gasteiger charge is 2.24. The summed E-state index contributed by atoms with van der Waals surface area (Å²) in [6.07, 6.45) is 4.73. The van der Waals surface area contributed by atoms with Crippen LogP contribution in [0.2, 0.25) is 0 Å². The van der Waals surface area contributed by atoms with Gasteiger partial charge in [0.2, 0.25) is 0 Å². The highest BCUT2D eigenvalue weighted by Crippen LogP contribution is 2.19. The van der Waals surface area contributed by atoms with Crippen molar-refractivity contribution in [2.24, 2.45) is 0 Å². The fourth-order valence-corrected chi connectivity index (χ4v) is 2.98. The van der Waals surface area contributed by atoms with Gasteiger partial charge in [0.15, 0.2) is 0 Å². The van der Waals surface area contributed by atoms with Crippen molar-refractivity contribution >= 4 is 21.8 Å². The molecule has 4 nitrogen and oxygen atoms in total. The van der Waals surface area contributed by atoms with E-state index in [0.29, 0.717) is 12.2 Å². The minimum atomic E-state index is -0.00209. The first-order valence-corrected chi connectivity index (χ1v) is 8.15. The van der Waals surface area contributed by atoms with E-state index in [4.69, 9.17) is 0 Å². The zero-order chi connectivity index (χ0) is 15.1. The summed E-state index contributed by atoms with van der Waals surface area (Å²) in [5.41, 5.74) is 0.694. The Morgan fingerprint density at radius 1 is 1.40 bits per heavy atom. The van der Waals surface area contributed by atoms with Crippen LogP contribution in [0, 0.1) is 0 Å². The molecule has 0 saturated heterocycles. The fraction of sp³-hybridized carbons (Fsp3) is 0.667. The highest BCUT2D eigenvalue weighted by atomic mass is 79.9. The van der Waals surface area contributed by atoms with Crippen molar-refractivity contribution in [2.75, 3.05) is 13.2 Å². The zero-order valence-electron chi connectivity index (χ0n) is 12.6. The second-order valence-electron chi connectivity index (χ2n) is 4.93. The standard InChI is InChI=1S/C15H25BrN2O2/c1-4-7-17-11-12(16)10-14(17)15(20)18(8-9-19)13(5-2)6-3/h10-11,13,19H,4-9H2,1-3H3. The van der Waals surface area contributed by atoms with Crippen molar-refractivity contribution in [3.63, 3.8) is 0 Å². The molecule has 0 fully saturated rings. The van der Waals surface area contributed by atoms with E-state index >= 15 is 0 Å². The lowest BCUT2D eigenvalue weighted by molar-refractivity contribution is 0.0611. The number of carbonyl (C=O) groups is 1. The number of aliphatic hydroxyl groups is 1. The summed E-state index contributed by atoms with van der Waals surface area (Å²) in [6, 6.07) is 2.04. The van der Waals surface area contributed by atoms with E-state index in [2.05, 4.69) is 36.7 Å². The van der Waals surface area contributed by atoms with E-state index in [1.807, 2.05) is 16.8 Å². The summed E-state index contributed by atoms with van der Waals surface area (Å²) >= 11 is 3.44. The van der Waals surface area contributed by atoms with Gasteiger partial charge in [-0.2, -0.15) is 0 Å². The third kappa shape index (κ3) is 4.09. The van der Waals surface area contributed by atoms with Crippen LogP contribution >= 0.6 is 15.9 Å². The Morgan fingerprint density at radius 2 is 2.05 bits per heavy atom. The van der Waals surface area contributed by atoms with Crippen LogP contribution in [-0.4, -0.2) is 39.7 Å². The highest BCUT2D eigenvalue weighted by molar-refractivity contribution is 9.10. The first-order chi connectivity index (χ1) is 9.58. The third-order valence-corrected chi connectivity index (χ3v) is 3.97. The molecule has 1 amide bonds. The first kappa shape index (κ1) is 17.2. The molecule has 1 aromatic rings. The number of aliphatic hydroxyl groups excluding tert-OH is 1. The maximum atomic E-state index is 12.8. The predicted molar refractivity (Wildman–Crippen MR) is 84.9 cm³/mol. The number of aromatic nitrogens is 1. The minimum Gasteiger partial charge on any atom is -0.395 e. The van der Waals surface area contributed by atoms with E-state index in [-0.39, 0.29) is 18.6 Å². The quantitative estimate of drug-likeness (QED) is 0.786. The van der Waals surface area contributed by atoms with Crippen molar-refractivity contribution < 1.29 is 9.90 Å². The van der Waals surface area contributed by atoms with Gasteiger partial charge in [0.1, 0.15) is 5.69 Å². The topological polar surface area (TPSA) is 45.5 Å². The minimum absolute atomic E-state index is 0.00209. The summed E-state index contributed by atoms with van der Waals surface area (Å²) in [5, 5.41) is 9.24. The lowest BCUT2D eigenvalue weighted by atomic mass is 10.1. The number of rotatable bonds is 8. The molecule has 0 atom stereocenters. The summed E-state index contributed by atoms with van der Waals surface area (Å²) in [6.45, 7) is 7.45. The molecular formula is C15H25BrN2O2. The third-order valence-electron chi connectivity index (χ3n) is 3.53. The molecule has 5 heteroatoms. The molecule has 1 heterocycles. The maximum absolute atomic E-state index is 12.8. The molecule has 0 unspecified atom stereocenters. The SMILES string of the molecule is CCCn1cc(Br)cc1C(=O)N(CCO)C(CC)CC. The van der Waals surface area contributed by atoms with E-state index in [0.717, 1.165) is 30.3 Å². The number of carbonyl (C=O) groups excluding carboxylic acids is 1. The number of hydrogen-bond acceptors (Lipinski definition) is 2. The number of nitrogens with zero attached hydrogens (tertiary/aromatic N) is 2. The van der Waals surface area contributed by atoms with Gasteiger partial charge in [0, 0.05) is 29.8 Å². The van der Waals surface area contributed by atoms with Gasteiger partial charge in [-0.1, -0.05) is 20.8 Å². The van der Waals surface area contributed by atoms with Gasteiger partial charge < -0.3 is 14.6 Å². The van der Waals surface area contributed by atoms with Crippen molar-refractivity contribution in [2.45, 2.75) is 52.6 Å². The van der Waals surface area contributed by atoms with Crippen molar-refractivity contribution in [1.29, 1.82) is 0 Å². The molecule has 0 aliphatic rings. The van der Waals surface area contributed by atoms with Crippen LogP contribution in [0.15, 0.2) is 16.7 Å². The Bertz CT molecular complexity index is 428. The Balaban J connectivity index is 3.05. The fourth-order valence-electron chi connectivity index (χ4n) is 2.51. The van der Waals surface area contributed by atoms with Crippen LogP contribution in [0.3, 0.4) is 0 Å². The maximum Gasteiger partial charge on any atom is 0.270 e. The largest absolute Gasteiger partial charge is 0.395 e. The second kappa shape index (κ2) is 8.47. The van der Waals surface area contributed by atoms with Gasteiger partial charge in [0.25, 0.3) is 5.91 Å². The monoisotopic (exact) mass is 344 g/mol. The van der Waals surface area contributed by atoms with Gasteiger partial charge in [-0.15, -0.1) is 0 Å². The number of amides is 1. The number of aryl methyl sites for hydroxylation is 1. The lowest BCUT2D eigenvalue weighted by Gasteiger charge is -2.30. The molecule has 0 spiro atoms. The molecule has 0 bridgehead atoms. The van der Waals surface area contributed by atoms with Gasteiger partial charge in [-0.05, 0) is 41.3 Å². The summed E-state index contributed by atoms with van der Waals surface area (Å²) in [7, 11) is 0. The number of hydrogen-bond donors (Lipinski definition) is 1. The average molecular weight is 345 g/mol. The Hall–Kier alpha value is -0.810. The van der Waals surface area contributed by atoms with Crippen molar-refractivity contribution in [3.05, 3.63) is 22.4 Å². The van der Waals surface area contributed by atoms with E-state index in [1.54, 1.807) is 4.90 Å². The van der Waals surface area contributed by atoms with Crippen LogP contribution < -0.4 is 0 Å². The molecule has 114 valence electrons. The number of halogens is 1. The van der Waals surface area contributed by atoms with Gasteiger partial charge in [-0.25, -0.2) is 0 Å². The Labute approximate surface area is 129 Å². The molecule has 20 heavy (non-hydrogen) atoms. The molecule has 1 aromatic heterocycles. The summed E-state index contributed by atoms with van der Waals surface area (Å²) < 4.78 is 2.90. The summed E-state index contributed by atoms with van der Waals surface area (Å²) in [4.78, 5) is 14.6. The molecular weight excluding hydrogens is 320 g/mol. The van der Waals surface area contributed by atoms with E-state index in [1.165, 1.54) is 0 Å². The zero-order valence-corrected chi connectivity index (χ0v) is 14.2. The van der Waals surface area contributed by atoms with Crippen LogP contribution in [0.25, 0.3) is 0 Å². The average Bonchev–Trinajstić information content (AvgIpc) is 2.79. The first-order valence-electron chi connectivity index (χ1n) is 7.36. The lowest BCUT2D eigenvalue weighted by Crippen LogP contribution is -2.42. The summed E-state index contributed by atoms with van der Waals surface area (Å²) in [5.74, 6) is 0.00639. The normalized spacial score (nSPS) is 11.1. The molecule has 0 aromatic carbocycles. The molecule has 0 radical (unpaired) electrons. The van der Waals surface area contributed by atoms with E-state index < -0.39 is 0 Å². The van der Waals surface area contributed by atoms with Crippen LogP contribution in [-0.2, 0) is 6.54 Å². The van der Waals surface area contributed by atoms with Gasteiger partial charge in [0.05, 0.1) is 6.61 Å². The molecule has 0 saturated carbocycles. The molecule has 0 aliphatic carbocycles. The molecule has 1 N–H and O–H groups in total. The van der Waals surface area contributed by atoms with Crippen LogP contribution in [0.1, 0.15) is 50.5 Å². The van der Waals surface area contributed by atoms with Crippen LogP contribution in [0.5, 0.6) is 0 Å². The van der Waals surface area contributed by atoms with E-state index in [9.17, 15) is 9.90 Å². The van der Waals surface area contributed by atoms with Gasteiger partial charge in [-0.3, -0.25) is 4.79 Å². The second-order valence-corrected chi connectivity index (χ2v) is 5.85. The predicted octanol–water partition coefficient (Wildman–Crippen LogP) is 3.28.